The Labute approximate surface area is 93.8 Å². The number of anilines is 1. The topological polar surface area (TPSA) is 68.0 Å². The number of hydrogen-bond donors (Lipinski definition) is 2. The van der Waals surface area contributed by atoms with Gasteiger partial charge in [-0.1, -0.05) is 11.6 Å². The zero-order chi connectivity index (χ0) is 11.6. The van der Waals surface area contributed by atoms with Crippen LogP contribution in [0, 0.1) is 0 Å². The van der Waals surface area contributed by atoms with Crippen molar-refractivity contribution in [2.24, 2.45) is 0 Å². The lowest BCUT2D eigenvalue weighted by molar-refractivity contribution is 0.0919. The number of carbonyl (C=O) groups is 1. The summed E-state index contributed by atoms with van der Waals surface area (Å²) in [7, 11) is 0. The number of carbonyl (C=O) groups excluding carboxylic acids is 1. The molecule has 0 aliphatic rings. The smallest absolute Gasteiger partial charge is 0.254 e. The van der Waals surface area contributed by atoms with Crippen molar-refractivity contribution in [1.82, 2.24) is 10.3 Å². The van der Waals surface area contributed by atoms with Gasteiger partial charge in [0.15, 0.2) is 0 Å². The molecule has 0 saturated heterocycles. The zero-order valence-electron chi connectivity index (χ0n) is 8.97. The first-order valence-electron chi connectivity index (χ1n) is 4.53. The van der Waals surface area contributed by atoms with Crippen molar-refractivity contribution < 1.29 is 4.79 Å². The minimum Gasteiger partial charge on any atom is -0.397 e. The van der Waals surface area contributed by atoms with Crippen molar-refractivity contribution in [3.63, 3.8) is 0 Å². The van der Waals surface area contributed by atoms with Crippen LogP contribution < -0.4 is 11.1 Å². The number of hydrogen-bond acceptors (Lipinski definition) is 3. The molecule has 15 heavy (non-hydrogen) atoms. The molecule has 3 N–H and O–H groups in total. The maximum Gasteiger partial charge on any atom is 0.254 e. The average molecular weight is 228 g/mol. The number of nitrogen functional groups attached to an aromatic ring is 1. The largest absolute Gasteiger partial charge is 0.397 e. The lowest BCUT2D eigenvalue weighted by Gasteiger charge is -2.20. The van der Waals surface area contributed by atoms with Gasteiger partial charge in [0.25, 0.3) is 5.91 Å². The number of nitrogens with two attached hydrogens (primary N) is 1. The van der Waals surface area contributed by atoms with Crippen molar-refractivity contribution in [2.45, 2.75) is 26.3 Å². The third kappa shape index (κ3) is 3.40. The molecule has 1 heterocycles. The summed E-state index contributed by atoms with van der Waals surface area (Å²) < 4.78 is 0. The second kappa shape index (κ2) is 4.06. The minimum atomic E-state index is -0.314. The van der Waals surface area contributed by atoms with E-state index in [0.717, 1.165) is 0 Å². The van der Waals surface area contributed by atoms with Crippen molar-refractivity contribution in [2.75, 3.05) is 5.73 Å². The second-order valence-electron chi connectivity index (χ2n) is 4.31. The summed E-state index contributed by atoms with van der Waals surface area (Å²) in [6.07, 6.45) is 1.41. The van der Waals surface area contributed by atoms with Crippen molar-refractivity contribution in [1.29, 1.82) is 0 Å². The fourth-order valence-corrected chi connectivity index (χ4v) is 1.22. The van der Waals surface area contributed by atoms with E-state index in [1.54, 1.807) is 0 Å². The summed E-state index contributed by atoms with van der Waals surface area (Å²) in [5, 5.41) is 2.94. The summed E-state index contributed by atoms with van der Waals surface area (Å²) in [5.41, 5.74) is 5.93. The fraction of sp³-hybridized carbons (Fsp3) is 0.400. The molecule has 0 fully saturated rings. The molecule has 1 rings (SSSR count). The van der Waals surface area contributed by atoms with Crippen LogP contribution in [0.2, 0.25) is 5.15 Å². The summed E-state index contributed by atoms with van der Waals surface area (Å²) in [6.45, 7) is 5.66. The van der Waals surface area contributed by atoms with Crippen LogP contribution in [0.5, 0.6) is 0 Å². The van der Waals surface area contributed by atoms with Gasteiger partial charge >= 0.3 is 0 Å². The van der Waals surface area contributed by atoms with Crippen molar-refractivity contribution in [3.8, 4) is 0 Å². The minimum absolute atomic E-state index is 0.158. The third-order valence-electron chi connectivity index (χ3n) is 1.59. The molecule has 1 amide bonds. The molecule has 4 nitrogen and oxygen atoms in total. The predicted molar refractivity (Wildman–Crippen MR) is 60.9 cm³/mol. The van der Waals surface area contributed by atoms with E-state index in [1.165, 1.54) is 12.3 Å². The van der Waals surface area contributed by atoms with E-state index in [4.69, 9.17) is 17.3 Å². The molecule has 0 atom stereocenters. The molecule has 0 aliphatic carbocycles. The van der Waals surface area contributed by atoms with Crippen LogP contribution in [0.4, 0.5) is 5.69 Å². The highest BCUT2D eigenvalue weighted by Crippen LogP contribution is 2.16. The number of amides is 1. The van der Waals surface area contributed by atoms with Crippen LogP contribution in [0.15, 0.2) is 12.3 Å². The summed E-state index contributed by atoms with van der Waals surface area (Å²) in [6, 6.07) is 1.51. The number of halogens is 1. The molecule has 0 spiro atoms. The number of pyridine rings is 1. The van der Waals surface area contributed by atoms with Crippen molar-refractivity contribution in [3.05, 3.63) is 23.0 Å². The van der Waals surface area contributed by atoms with E-state index in [-0.39, 0.29) is 16.6 Å². The van der Waals surface area contributed by atoms with Gasteiger partial charge in [0, 0.05) is 5.54 Å². The maximum atomic E-state index is 11.7. The highest BCUT2D eigenvalue weighted by Gasteiger charge is 2.18. The van der Waals surface area contributed by atoms with Crippen LogP contribution in [0.3, 0.4) is 0 Å². The van der Waals surface area contributed by atoms with E-state index < -0.39 is 0 Å². The summed E-state index contributed by atoms with van der Waals surface area (Å²) in [5.74, 6) is -0.271. The Morgan fingerprint density at radius 1 is 1.53 bits per heavy atom. The quantitative estimate of drug-likeness (QED) is 0.720. The van der Waals surface area contributed by atoms with Crippen LogP contribution in [-0.2, 0) is 0 Å². The first kappa shape index (κ1) is 11.8. The molecular formula is C10H14ClN3O. The van der Waals surface area contributed by atoms with Crippen LogP contribution in [0.1, 0.15) is 31.1 Å². The van der Waals surface area contributed by atoms with E-state index in [2.05, 4.69) is 10.3 Å². The molecule has 0 radical (unpaired) electrons. The highest BCUT2D eigenvalue weighted by molar-refractivity contribution is 6.32. The van der Waals surface area contributed by atoms with E-state index in [1.807, 2.05) is 20.8 Å². The first-order valence-corrected chi connectivity index (χ1v) is 4.91. The van der Waals surface area contributed by atoms with E-state index in [9.17, 15) is 4.79 Å². The molecule has 0 saturated carbocycles. The van der Waals surface area contributed by atoms with Crippen LogP contribution >= 0.6 is 11.6 Å². The van der Waals surface area contributed by atoms with E-state index in [0.29, 0.717) is 11.3 Å². The predicted octanol–water partition coefficient (Wildman–Crippen LogP) is 1.85. The second-order valence-corrected chi connectivity index (χ2v) is 4.67. The Kier molecular flexibility index (Phi) is 3.19. The molecule has 1 aromatic rings. The summed E-state index contributed by atoms with van der Waals surface area (Å²) in [4.78, 5) is 15.6. The molecule has 0 unspecified atom stereocenters. The number of nitrogens with one attached hydrogen (secondary N) is 1. The molecular weight excluding hydrogens is 214 g/mol. The third-order valence-corrected chi connectivity index (χ3v) is 1.89. The molecule has 0 bridgehead atoms. The molecule has 0 aromatic carbocycles. The number of rotatable bonds is 1. The fourth-order valence-electron chi connectivity index (χ4n) is 1.03. The monoisotopic (exact) mass is 227 g/mol. The van der Waals surface area contributed by atoms with Gasteiger partial charge in [-0.05, 0) is 26.8 Å². The van der Waals surface area contributed by atoms with Gasteiger partial charge in [-0.25, -0.2) is 4.98 Å². The molecule has 82 valence electrons. The normalized spacial score (nSPS) is 11.2. The first-order chi connectivity index (χ1) is 6.79. The molecule has 1 aromatic heterocycles. The Hall–Kier alpha value is -1.29. The van der Waals surface area contributed by atoms with Gasteiger partial charge in [-0.3, -0.25) is 4.79 Å². The Balaban J connectivity index is 2.96. The Morgan fingerprint density at radius 2 is 2.13 bits per heavy atom. The van der Waals surface area contributed by atoms with Crippen molar-refractivity contribution >= 4 is 23.2 Å². The Morgan fingerprint density at radius 3 is 2.67 bits per heavy atom. The van der Waals surface area contributed by atoms with Gasteiger partial charge in [0.2, 0.25) is 0 Å². The van der Waals surface area contributed by atoms with Crippen LogP contribution in [0.25, 0.3) is 0 Å². The van der Waals surface area contributed by atoms with Gasteiger partial charge in [0.1, 0.15) is 5.15 Å². The lowest BCUT2D eigenvalue weighted by Crippen LogP contribution is -2.40. The van der Waals surface area contributed by atoms with Gasteiger partial charge in [-0.2, -0.15) is 0 Å². The van der Waals surface area contributed by atoms with Gasteiger partial charge in [-0.15, -0.1) is 0 Å². The standard InChI is InChI=1S/C10H14ClN3O/c1-10(2,3)14-9(15)7-4-6(12)5-13-8(7)11/h4-5H,12H2,1-3H3,(H,14,15). The molecule has 0 aliphatic heterocycles. The average Bonchev–Trinajstić information content (AvgIpc) is 2.06. The Bertz CT molecular complexity index is 385. The van der Waals surface area contributed by atoms with Gasteiger partial charge < -0.3 is 11.1 Å². The lowest BCUT2D eigenvalue weighted by atomic mass is 10.1. The zero-order valence-corrected chi connectivity index (χ0v) is 9.72. The van der Waals surface area contributed by atoms with E-state index >= 15 is 0 Å². The highest BCUT2D eigenvalue weighted by atomic mass is 35.5. The summed E-state index contributed by atoms with van der Waals surface area (Å²) >= 11 is 5.79. The number of nitrogens with zero attached hydrogens (tertiary/aromatic N) is 1. The maximum absolute atomic E-state index is 11.7. The van der Waals surface area contributed by atoms with Crippen LogP contribution in [-0.4, -0.2) is 16.4 Å². The van der Waals surface area contributed by atoms with Gasteiger partial charge in [0.05, 0.1) is 17.4 Å². The number of aromatic nitrogens is 1. The SMILES string of the molecule is CC(C)(C)NC(=O)c1cc(N)cnc1Cl. The molecule has 5 heteroatoms.